The van der Waals surface area contributed by atoms with Crippen LogP contribution in [-0.2, 0) is 20.6 Å². The summed E-state index contributed by atoms with van der Waals surface area (Å²) in [5, 5.41) is 3.76. The second kappa shape index (κ2) is 6.60. The molecule has 3 rings (SSSR count). The molecule has 0 spiro atoms. The van der Waals surface area contributed by atoms with E-state index in [0.29, 0.717) is 35.2 Å². The lowest BCUT2D eigenvalue weighted by atomic mass is 10.2. The molecule has 0 saturated carbocycles. The smallest absolute Gasteiger partial charge is 0.332 e. The van der Waals surface area contributed by atoms with Gasteiger partial charge in [-0.2, -0.15) is 4.98 Å². The molecular formula is C17H18ClN5O2. The highest BCUT2D eigenvalue weighted by atomic mass is 35.5. The molecule has 1 N–H and O–H groups in total. The molecule has 130 valence electrons. The van der Waals surface area contributed by atoms with E-state index in [9.17, 15) is 9.59 Å². The van der Waals surface area contributed by atoms with Gasteiger partial charge in [0.2, 0.25) is 5.95 Å². The first-order chi connectivity index (χ1) is 11.9. The molecule has 0 aliphatic heterocycles. The highest BCUT2D eigenvalue weighted by molar-refractivity contribution is 6.30. The Morgan fingerprint density at radius 1 is 1.20 bits per heavy atom. The van der Waals surface area contributed by atoms with Crippen LogP contribution in [0.5, 0.6) is 0 Å². The molecule has 25 heavy (non-hydrogen) atoms. The van der Waals surface area contributed by atoms with Crippen LogP contribution < -0.4 is 16.6 Å². The predicted octanol–water partition coefficient (Wildman–Crippen LogP) is 1.73. The topological polar surface area (TPSA) is 73.8 Å². The zero-order valence-corrected chi connectivity index (χ0v) is 14.7. The normalized spacial score (nSPS) is 11.0. The van der Waals surface area contributed by atoms with E-state index in [2.05, 4.69) is 16.9 Å². The number of aromatic nitrogens is 4. The van der Waals surface area contributed by atoms with Gasteiger partial charge in [-0.3, -0.25) is 18.5 Å². The number of hydrogen-bond acceptors (Lipinski definition) is 4. The number of hydrogen-bond donors (Lipinski definition) is 1. The Morgan fingerprint density at radius 3 is 2.52 bits per heavy atom. The van der Waals surface area contributed by atoms with Crippen LogP contribution in [0.3, 0.4) is 0 Å². The van der Waals surface area contributed by atoms with E-state index in [1.165, 1.54) is 11.6 Å². The fourth-order valence-electron chi connectivity index (χ4n) is 2.67. The maximum Gasteiger partial charge on any atom is 0.332 e. The Hall–Kier alpha value is -2.80. The molecule has 0 fully saturated rings. The van der Waals surface area contributed by atoms with Crippen molar-refractivity contribution < 1.29 is 0 Å². The average molecular weight is 360 g/mol. The number of aryl methyl sites for hydroxylation is 1. The summed E-state index contributed by atoms with van der Waals surface area (Å²) in [5.74, 6) is 0.503. The zero-order valence-electron chi connectivity index (χ0n) is 14.0. The van der Waals surface area contributed by atoms with Gasteiger partial charge >= 0.3 is 5.69 Å². The quantitative estimate of drug-likeness (QED) is 0.704. The minimum Gasteiger partial charge on any atom is -0.352 e. The third-order valence-electron chi connectivity index (χ3n) is 4.01. The number of imidazole rings is 1. The molecule has 0 unspecified atom stereocenters. The van der Waals surface area contributed by atoms with Crippen molar-refractivity contribution in [2.75, 3.05) is 11.9 Å². The number of fused-ring (bicyclic) bond motifs is 1. The summed E-state index contributed by atoms with van der Waals surface area (Å²) >= 11 is 5.94. The molecule has 0 aliphatic carbocycles. The molecule has 0 amide bonds. The highest BCUT2D eigenvalue weighted by Gasteiger charge is 2.19. The van der Waals surface area contributed by atoms with Crippen molar-refractivity contribution in [3.05, 3.63) is 68.3 Å². The number of nitrogens with one attached hydrogen (secondary N) is 1. The predicted molar refractivity (Wildman–Crippen MR) is 99.5 cm³/mol. The van der Waals surface area contributed by atoms with Crippen LogP contribution in [0.25, 0.3) is 11.2 Å². The van der Waals surface area contributed by atoms with Crippen molar-refractivity contribution in [1.82, 2.24) is 18.7 Å². The van der Waals surface area contributed by atoms with Crippen LogP contribution in [0.15, 0.2) is 46.5 Å². The zero-order chi connectivity index (χ0) is 18.1. The second-order valence-electron chi connectivity index (χ2n) is 5.70. The van der Waals surface area contributed by atoms with Gasteiger partial charge in [0.05, 0.1) is 6.54 Å². The van der Waals surface area contributed by atoms with E-state index in [0.717, 1.165) is 10.1 Å². The number of nitrogens with zero attached hydrogens (tertiary/aromatic N) is 4. The second-order valence-corrected chi connectivity index (χ2v) is 6.13. The Morgan fingerprint density at radius 2 is 1.88 bits per heavy atom. The minimum absolute atomic E-state index is 0.341. The number of benzene rings is 1. The van der Waals surface area contributed by atoms with Gasteiger partial charge in [0.25, 0.3) is 5.56 Å². The summed E-state index contributed by atoms with van der Waals surface area (Å²) in [7, 11) is 3.06. The lowest BCUT2D eigenvalue weighted by molar-refractivity contribution is 0.702. The molecule has 0 atom stereocenters. The Labute approximate surface area is 148 Å². The molecule has 0 bridgehead atoms. The number of anilines is 1. The molecule has 2 aromatic heterocycles. The molecular weight excluding hydrogens is 342 g/mol. The van der Waals surface area contributed by atoms with Crippen molar-refractivity contribution in [1.29, 1.82) is 0 Å². The van der Waals surface area contributed by atoms with Crippen molar-refractivity contribution >= 4 is 28.7 Å². The minimum atomic E-state index is -0.413. The standard InChI is InChI=1S/C17H18ClN5O2/c1-4-9-19-16-20-14-13(15(24)22(3)17(25)21(14)2)23(16)10-11-5-7-12(18)8-6-11/h4-8H,1,9-10H2,2-3H3,(H,19,20). The monoisotopic (exact) mass is 359 g/mol. The molecule has 3 aromatic rings. The Balaban J connectivity index is 2.26. The first-order valence-electron chi connectivity index (χ1n) is 7.69. The summed E-state index contributed by atoms with van der Waals surface area (Å²) in [4.78, 5) is 29.3. The van der Waals surface area contributed by atoms with Crippen LogP contribution in [0.2, 0.25) is 5.02 Å². The summed E-state index contributed by atoms with van der Waals surface area (Å²) in [5.41, 5.74) is 0.871. The van der Waals surface area contributed by atoms with Crippen LogP contribution in [0.4, 0.5) is 5.95 Å². The van der Waals surface area contributed by atoms with E-state index in [-0.39, 0.29) is 5.56 Å². The number of halogens is 1. The van der Waals surface area contributed by atoms with Crippen molar-refractivity contribution in [3.8, 4) is 0 Å². The molecule has 0 radical (unpaired) electrons. The van der Waals surface area contributed by atoms with Gasteiger partial charge in [0.1, 0.15) is 0 Å². The summed E-state index contributed by atoms with van der Waals surface area (Å²) < 4.78 is 4.22. The molecule has 2 heterocycles. The van der Waals surface area contributed by atoms with Gasteiger partial charge in [0.15, 0.2) is 11.2 Å². The van der Waals surface area contributed by atoms with Gasteiger partial charge in [-0.15, -0.1) is 6.58 Å². The molecule has 0 saturated heterocycles. The summed E-state index contributed by atoms with van der Waals surface area (Å²) in [6.07, 6.45) is 1.70. The van der Waals surface area contributed by atoms with E-state index in [4.69, 9.17) is 11.6 Å². The van der Waals surface area contributed by atoms with E-state index < -0.39 is 5.69 Å². The van der Waals surface area contributed by atoms with Crippen LogP contribution in [0.1, 0.15) is 5.56 Å². The third kappa shape index (κ3) is 2.98. The van der Waals surface area contributed by atoms with Gasteiger partial charge in [-0.25, -0.2) is 4.79 Å². The fourth-order valence-corrected chi connectivity index (χ4v) is 2.80. The molecule has 1 aromatic carbocycles. The lowest BCUT2D eigenvalue weighted by Gasteiger charge is -2.10. The van der Waals surface area contributed by atoms with Crippen molar-refractivity contribution in [2.45, 2.75) is 6.54 Å². The molecule has 0 aliphatic rings. The van der Waals surface area contributed by atoms with Gasteiger partial charge in [-0.1, -0.05) is 29.8 Å². The Bertz CT molecular complexity index is 1060. The van der Waals surface area contributed by atoms with Crippen LogP contribution >= 0.6 is 11.6 Å². The Kier molecular flexibility index (Phi) is 4.50. The first kappa shape index (κ1) is 17.0. The lowest BCUT2D eigenvalue weighted by Crippen LogP contribution is -2.37. The maximum absolute atomic E-state index is 12.7. The van der Waals surface area contributed by atoms with Crippen LogP contribution in [-0.4, -0.2) is 25.2 Å². The van der Waals surface area contributed by atoms with Gasteiger partial charge in [0, 0.05) is 25.7 Å². The van der Waals surface area contributed by atoms with Gasteiger partial charge < -0.3 is 5.32 Å². The number of rotatable bonds is 5. The van der Waals surface area contributed by atoms with E-state index >= 15 is 0 Å². The maximum atomic E-state index is 12.7. The highest BCUT2D eigenvalue weighted by Crippen LogP contribution is 2.19. The third-order valence-corrected chi connectivity index (χ3v) is 4.26. The van der Waals surface area contributed by atoms with E-state index in [1.54, 1.807) is 29.8 Å². The van der Waals surface area contributed by atoms with Gasteiger partial charge in [-0.05, 0) is 17.7 Å². The van der Waals surface area contributed by atoms with Crippen LogP contribution in [0, 0.1) is 0 Å². The van der Waals surface area contributed by atoms with Crippen molar-refractivity contribution in [2.24, 2.45) is 14.1 Å². The van der Waals surface area contributed by atoms with Crippen molar-refractivity contribution in [3.63, 3.8) is 0 Å². The summed E-state index contributed by atoms with van der Waals surface area (Å²) in [6.45, 7) is 4.58. The fraction of sp³-hybridized carbons (Fsp3) is 0.235. The SMILES string of the molecule is C=CCNc1nc2c(c(=O)n(C)c(=O)n2C)n1Cc1ccc(Cl)cc1. The van der Waals surface area contributed by atoms with E-state index in [1.807, 2.05) is 12.1 Å². The largest absolute Gasteiger partial charge is 0.352 e. The first-order valence-corrected chi connectivity index (χ1v) is 8.07. The summed E-state index contributed by atoms with van der Waals surface area (Å²) in [6, 6.07) is 7.36. The molecule has 8 heteroatoms. The average Bonchev–Trinajstić information content (AvgIpc) is 2.96. The molecule has 7 nitrogen and oxygen atoms in total.